The first-order valence-corrected chi connectivity index (χ1v) is 41.1. The van der Waals surface area contributed by atoms with Crippen LogP contribution in [0.3, 0.4) is 0 Å². The molecule has 0 aliphatic rings. The molecule has 4 atom stereocenters. The molecular weight excluding hydrogens is 1260 g/mol. The first-order chi connectivity index (χ1) is 46.4. The molecule has 0 aliphatic carbocycles. The maximum absolute atomic E-state index is 11.3. The zero-order chi connectivity index (χ0) is 70.8. The molecule has 4 unspecified atom stereocenters. The van der Waals surface area contributed by atoms with E-state index >= 15 is 0 Å². The second kappa shape index (κ2) is 87.2. The SMILES string of the molecule is CCCCCCCCCCCCCC(CCCCN=C=S)C(=O)O.CCCCCCCCCCCCCC(CCCN=C=S)C(=O)O.CCCCCCCCCCCCCC(CCN=C=S)C(=O)O.CCCCCCCCCCCCCCCC(CCCCN=C=S)C(=O)O. The van der Waals surface area contributed by atoms with Gasteiger partial charge in [-0.25, -0.2) is 20.0 Å². The first-order valence-electron chi connectivity index (χ1n) is 39.4. The second-order valence-electron chi connectivity index (χ2n) is 27.0. The zero-order valence-electron chi connectivity index (χ0n) is 61.7. The summed E-state index contributed by atoms with van der Waals surface area (Å²) in [5, 5.41) is 46.3. The Labute approximate surface area is 605 Å². The third kappa shape index (κ3) is 85.2. The molecule has 0 amide bonds. The monoisotopic (exact) mass is 1410 g/mol. The number of nitrogens with zero attached hydrogens (tertiary/aromatic N) is 4. The van der Waals surface area contributed by atoms with Crippen molar-refractivity contribution in [1.82, 2.24) is 0 Å². The predicted octanol–water partition coefficient (Wildman–Crippen LogP) is 26.3. The molecule has 0 aliphatic heterocycles. The molecule has 0 radical (unpaired) electrons. The molecule has 0 aromatic carbocycles. The lowest BCUT2D eigenvalue weighted by Crippen LogP contribution is -2.14. The summed E-state index contributed by atoms with van der Waals surface area (Å²) in [6.45, 7) is 11.5. The largest absolute Gasteiger partial charge is 0.481 e. The van der Waals surface area contributed by atoms with Crippen molar-refractivity contribution in [3.63, 3.8) is 0 Å². The van der Waals surface area contributed by atoms with E-state index in [9.17, 15) is 34.5 Å². The fraction of sp³-hybridized carbons (Fsp3) is 0.899. The third-order valence-corrected chi connectivity index (χ3v) is 18.9. The van der Waals surface area contributed by atoms with Gasteiger partial charge in [-0.05, 0) is 120 Å². The van der Waals surface area contributed by atoms with E-state index in [4.69, 9.17) is 5.11 Å². The number of carboxylic acid groups (broad SMARTS) is 4. The van der Waals surface area contributed by atoms with Gasteiger partial charge in [0.15, 0.2) is 0 Å². The van der Waals surface area contributed by atoms with Crippen molar-refractivity contribution in [3.05, 3.63) is 0 Å². The van der Waals surface area contributed by atoms with Gasteiger partial charge in [0.2, 0.25) is 0 Å². The summed E-state index contributed by atoms with van der Waals surface area (Å²) in [4.78, 5) is 60.3. The molecule has 554 valence electrons. The van der Waals surface area contributed by atoms with E-state index in [-0.39, 0.29) is 23.7 Å². The van der Waals surface area contributed by atoms with Crippen LogP contribution in [-0.4, -0.2) is 91.1 Å². The third-order valence-electron chi connectivity index (χ3n) is 18.3. The van der Waals surface area contributed by atoms with Gasteiger partial charge in [-0.3, -0.25) is 19.2 Å². The van der Waals surface area contributed by atoms with E-state index in [1.165, 1.54) is 257 Å². The van der Waals surface area contributed by atoms with Crippen molar-refractivity contribution in [2.45, 2.75) is 407 Å². The maximum atomic E-state index is 11.3. The van der Waals surface area contributed by atoms with Gasteiger partial charge in [0, 0.05) is 19.6 Å². The van der Waals surface area contributed by atoms with Crippen LogP contribution in [0.25, 0.3) is 0 Å². The highest BCUT2D eigenvalue weighted by molar-refractivity contribution is 7.78. The molecule has 4 N–H and O–H groups in total. The number of rotatable bonds is 71. The average Bonchev–Trinajstić information content (AvgIpc) is 3.56. The van der Waals surface area contributed by atoms with Crippen LogP contribution in [0.1, 0.15) is 407 Å². The van der Waals surface area contributed by atoms with Gasteiger partial charge in [0.05, 0.1) is 50.9 Å². The fourth-order valence-electron chi connectivity index (χ4n) is 12.1. The Morgan fingerprint density at radius 2 is 0.368 bits per heavy atom. The van der Waals surface area contributed by atoms with Gasteiger partial charge in [0.1, 0.15) is 0 Å². The molecule has 0 saturated heterocycles. The standard InChI is InChI=1S/C22H41NO2S.C20H37NO2S.C19H35NO2S.C18H33NO2S/c1-2-3-4-5-6-7-8-9-10-11-12-13-14-17-21(22(24)25)18-15-16-19-23-20-26;1-2-3-4-5-6-7-8-9-10-11-12-15-19(20(22)23)16-13-14-17-21-18-24;1-2-3-4-5-6-7-8-9-10-11-12-14-18(19(21)22)15-13-16-20-17-23;1-2-3-4-5-6-7-8-9-10-11-12-13-17(18(20)21)14-15-19-16-22/h21H,2-19H2,1H3,(H,24,25);19H,2-17H2,1H3,(H,22,23);18H,2-16H2,1H3,(H,21,22);17H,2-15H2,1H3,(H,20,21). The van der Waals surface area contributed by atoms with Crippen molar-refractivity contribution >= 4 is 93.4 Å². The van der Waals surface area contributed by atoms with E-state index < -0.39 is 23.9 Å². The van der Waals surface area contributed by atoms with Crippen molar-refractivity contribution in [3.8, 4) is 0 Å². The number of isothiocyanates is 4. The lowest BCUT2D eigenvalue weighted by atomic mass is 9.95. The van der Waals surface area contributed by atoms with E-state index in [1.54, 1.807) is 0 Å². The van der Waals surface area contributed by atoms with E-state index in [0.29, 0.717) is 39.0 Å². The summed E-state index contributed by atoms with van der Waals surface area (Å²) in [5.41, 5.74) is 0. The molecule has 0 aromatic heterocycles. The topological polar surface area (TPSA) is 199 Å². The van der Waals surface area contributed by atoms with Crippen LogP contribution in [0.4, 0.5) is 0 Å². The predicted molar refractivity (Wildman–Crippen MR) is 419 cm³/mol. The van der Waals surface area contributed by atoms with Gasteiger partial charge in [-0.1, -0.05) is 336 Å². The molecule has 0 spiro atoms. The van der Waals surface area contributed by atoms with Crippen molar-refractivity contribution in [1.29, 1.82) is 0 Å². The van der Waals surface area contributed by atoms with E-state index in [0.717, 1.165) is 109 Å². The lowest BCUT2D eigenvalue weighted by molar-refractivity contribution is -0.143. The normalized spacial score (nSPS) is 11.9. The molecule has 0 rings (SSSR count). The minimum atomic E-state index is -0.702. The molecule has 12 nitrogen and oxygen atoms in total. The first kappa shape index (κ1) is 98.5. The summed E-state index contributed by atoms with van der Waals surface area (Å²) in [6, 6.07) is 0. The van der Waals surface area contributed by atoms with E-state index in [1.807, 2.05) is 0 Å². The van der Waals surface area contributed by atoms with Crippen LogP contribution in [0.5, 0.6) is 0 Å². The van der Waals surface area contributed by atoms with Gasteiger partial charge in [-0.2, -0.15) is 0 Å². The summed E-state index contributed by atoms with van der Waals surface area (Å²) in [6.07, 6.45) is 70.6. The van der Waals surface area contributed by atoms with Crippen LogP contribution in [0.2, 0.25) is 0 Å². The smallest absolute Gasteiger partial charge is 0.306 e. The number of hydrogen-bond acceptors (Lipinski definition) is 12. The van der Waals surface area contributed by atoms with Crippen LogP contribution >= 0.6 is 48.9 Å². The van der Waals surface area contributed by atoms with Gasteiger partial charge >= 0.3 is 23.9 Å². The van der Waals surface area contributed by atoms with Gasteiger partial charge < -0.3 is 20.4 Å². The Morgan fingerprint density at radius 1 is 0.221 bits per heavy atom. The Balaban J connectivity index is -0.000000582. The molecular formula is C79H146N4O8S4. The number of carboxylic acids is 4. The molecule has 0 aromatic rings. The highest BCUT2D eigenvalue weighted by Gasteiger charge is 2.19. The molecule has 0 fully saturated rings. The van der Waals surface area contributed by atoms with Crippen LogP contribution < -0.4 is 0 Å². The summed E-state index contributed by atoms with van der Waals surface area (Å²) in [5.74, 6) is -3.49. The summed E-state index contributed by atoms with van der Waals surface area (Å²) >= 11 is 18.0. The van der Waals surface area contributed by atoms with E-state index in [2.05, 4.69) is 117 Å². The minimum Gasteiger partial charge on any atom is -0.481 e. The molecule has 0 bridgehead atoms. The molecule has 16 heteroatoms. The fourth-order valence-corrected chi connectivity index (χ4v) is 12.5. The van der Waals surface area contributed by atoms with Crippen LogP contribution in [-0.2, 0) is 19.2 Å². The lowest BCUT2D eigenvalue weighted by Gasteiger charge is -2.11. The highest BCUT2D eigenvalue weighted by atomic mass is 32.1. The number of aliphatic imine (C=N–C) groups is 4. The van der Waals surface area contributed by atoms with Crippen molar-refractivity contribution in [2.24, 2.45) is 43.6 Å². The summed E-state index contributed by atoms with van der Waals surface area (Å²) in [7, 11) is 0. The Kier molecular flexibility index (Phi) is 90.3. The van der Waals surface area contributed by atoms with Crippen LogP contribution in [0.15, 0.2) is 20.0 Å². The number of unbranched alkanes of at least 4 members (excludes halogenated alkanes) is 44. The van der Waals surface area contributed by atoms with Crippen LogP contribution in [0, 0.1) is 23.7 Å². The van der Waals surface area contributed by atoms with Crippen molar-refractivity contribution in [2.75, 3.05) is 26.2 Å². The Bertz CT molecular complexity index is 1870. The number of thiocarbonyl (C=S) groups is 4. The molecule has 0 heterocycles. The van der Waals surface area contributed by atoms with Crippen molar-refractivity contribution < 1.29 is 39.6 Å². The quantitative estimate of drug-likeness (QED) is 0.0256. The number of hydrogen-bond donors (Lipinski definition) is 4. The second-order valence-corrected chi connectivity index (χ2v) is 27.7. The minimum absolute atomic E-state index is 0.181. The van der Waals surface area contributed by atoms with Gasteiger partial charge in [0.25, 0.3) is 0 Å². The average molecular weight is 1410 g/mol. The summed E-state index contributed by atoms with van der Waals surface area (Å²) < 4.78 is 0. The molecule has 95 heavy (non-hydrogen) atoms. The highest BCUT2D eigenvalue weighted by Crippen LogP contribution is 2.23. The zero-order valence-corrected chi connectivity index (χ0v) is 65.0. The number of carbonyl (C=O) groups is 4. The maximum Gasteiger partial charge on any atom is 0.306 e. The van der Waals surface area contributed by atoms with Gasteiger partial charge in [-0.15, -0.1) is 0 Å². The Morgan fingerprint density at radius 3 is 0.558 bits per heavy atom. The molecule has 0 saturated carbocycles. The Hall–Kier alpha value is -2.92. The number of aliphatic carboxylic acids is 4.